The van der Waals surface area contributed by atoms with Gasteiger partial charge in [-0.2, -0.15) is 5.10 Å². The molecule has 0 aliphatic rings. The number of carbonyl (C=O) groups is 2. The third-order valence-electron chi connectivity index (χ3n) is 3.00. The van der Waals surface area contributed by atoms with Crippen molar-refractivity contribution in [1.82, 2.24) is 5.43 Å². The Morgan fingerprint density at radius 3 is 2.33 bits per heavy atom. The lowest BCUT2D eigenvalue weighted by Crippen LogP contribution is -2.21. The summed E-state index contributed by atoms with van der Waals surface area (Å²) in [7, 11) is 0. The fourth-order valence-electron chi connectivity index (χ4n) is 1.82. The summed E-state index contributed by atoms with van der Waals surface area (Å²) in [4.78, 5) is 23.8. The smallest absolute Gasteiger partial charge is 0.271 e. The predicted octanol–water partition coefficient (Wildman–Crippen LogP) is 3.56. The summed E-state index contributed by atoms with van der Waals surface area (Å²) in [6.45, 7) is 1.64. The van der Waals surface area contributed by atoms with Gasteiger partial charge in [0.2, 0.25) is 5.91 Å². The molecule has 0 fully saturated rings. The van der Waals surface area contributed by atoms with Gasteiger partial charge in [-0.1, -0.05) is 0 Å². The number of anilines is 1. The molecule has 0 saturated carbocycles. The summed E-state index contributed by atoms with van der Waals surface area (Å²) >= 11 is 2.15. The minimum atomic E-state index is -0.371. The van der Waals surface area contributed by atoms with Crippen LogP contribution in [0.3, 0.4) is 0 Å². The number of rotatable bonds is 5. The van der Waals surface area contributed by atoms with Gasteiger partial charge in [-0.3, -0.25) is 9.59 Å². The van der Waals surface area contributed by atoms with Crippen LogP contribution in [0.2, 0.25) is 0 Å². The lowest BCUT2D eigenvalue weighted by atomic mass is 10.2. The molecular formula is C17H15FIN3O2. The Labute approximate surface area is 152 Å². The van der Waals surface area contributed by atoms with Gasteiger partial charge in [-0.05, 0) is 78.0 Å². The molecule has 0 spiro atoms. The molecule has 0 radical (unpaired) electrons. The molecule has 24 heavy (non-hydrogen) atoms. The Morgan fingerprint density at radius 2 is 1.71 bits per heavy atom. The second kappa shape index (κ2) is 8.53. The molecular weight excluding hydrogens is 424 g/mol. The fraction of sp³-hybridized carbons (Fsp3) is 0.118. The van der Waals surface area contributed by atoms with E-state index in [-0.39, 0.29) is 24.1 Å². The molecule has 0 aliphatic heterocycles. The maximum absolute atomic E-state index is 12.8. The van der Waals surface area contributed by atoms with E-state index >= 15 is 0 Å². The summed E-state index contributed by atoms with van der Waals surface area (Å²) in [6.07, 6.45) is 0.0182. The normalized spacial score (nSPS) is 11.0. The van der Waals surface area contributed by atoms with Crippen LogP contribution in [-0.4, -0.2) is 17.5 Å². The van der Waals surface area contributed by atoms with Crippen LogP contribution in [0.4, 0.5) is 10.1 Å². The number of hydrazone groups is 1. The molecule has 2 aromatic carbocycles. The molecule has 0 unspecified atom stereocenters. The molecule has 124 valence electrons. The zero-order chi connectivity index (χ0) is 17.5. The van der Waals surface area contributed by atoms with E-state index in [1.165, 1.54) is 24.3 Å². The Morgan fingerprint density at radius 1 is 1.08 bits per heavy atom. The zero-order valence-electron chi connectivity index (χ0n) is 12.8. The van der Waals surface area contributed by atoms with Gasteiger partial charge < -0.3 is 5.32 Å². The fourth-order valence-corrected chi connectivity index (χ4v) is 2.18. The van der Waals surface area contributed by atoms with Gasteiger partial charge >= 0.3 is 0 Å². The largest absolute Gasteiger partial charge is 0.326 e. The topological polar surface area (TPSA) is 70.6 Å². The van der Waals surface area contributed by atoms with Gasteiger partial charge in [-0.15, -0.1) is 0 Å². The van der Waals surface area contributed by atoms with E-state index in [2.05, 4.69) is 38.4 Å². The van der Waals surface area contributed by atoms with Gasteiger partial charge in [0, 0.05) is 20.5 Å². The van der Waals surface area contributed by atoms with Crippen LogP contribution in [-0.2, 0) is 4.79 Å². The van der Waals surface area contributed by atoms with Gasteiger partial charge in [0.1, 0.15) is 5.82 Å². The van der Waals surface area contributed by atoms with E-state index in [1.807, 2.05) is 12.1 Å². The molecule has 2 amide bonds. The molecule has 0 saturated heterocycles. The highest BCUT2D eigenvalue weighted by atomic mass is 127. The average molecular weight is 439 g/mol. The van der Waals surface area contributed by atoms with Crippen molar-refractivity contribution in [2.45, 2.75) is 13.3 Å². The van der Waals surface area contributed by atoms with Gasteiger partial charge in [0.05, 0.1) is 6.42 Å². The second-order valence-electron chi connectivity index (χ2n) is 5.03. The number of amides is 2. The summed E-state index contributed by atoms with van der Waals surface area (Å²) in [6, 6.07) is 12.5. The van der Waals surface area contributed by atoms with E-state index < -0.39 is 0 Å². The molecule has 2 N–H and O–H groups in total. The van der Waals surface area contributed by atoms with Crippen LogP contribution in [0.25, 0.3) is 0 Å². The lowest BCUT2D eigenvalue weighted by Gasteiger charge is -2.05. The first-order chi connectivity index (χ1) is 11.4. The van der Waals surface area contributed by atoms with Gasteiger partial charge in [0.25, 0.3) is 5.91 Å². The Kier molecular flexibility index (Phi) is 6.42. The molecule has 0 bridgehead atoms. The van der Waals surface area contributed by atoms with E-state index in [0.717, 1.165) is 3.57 Å². The predicted molar refractivity (Wildman–Crippen MR) is 99.4 cm³/mol. The number of carbonyl (C=O) groups excluding carboxylic acids is 2. The molecule has 0 aromatic heterocycles. The van der Waals surface area contributed by atoms with Crippen LogP contribution in [0.1, 0.15) is 23.7 Å². The van der Waals surface area contributed by atoms with Crippen LogP contribution in [0.5, 0.6) is 0 Å². The van der Waals surface area contributed by atoms with E-state index in [4.69, 9.17) is 0 Å². The summed E-state index contributed by atoms with van der Waals surface area (Å²) in [5.41, 5.74) is 3.85. The average Bonchev–Trinajstić information content (AvgIpc) is 2.55. The quantitative estimate of drug-likeness (QED) is 0.425. The lowest BCUT2D eigenvalue weighted by molar-refractivity contribution is -0.115. The highest BCUT2D eigenvalue weighted by molar-refractivity contribution is 14.1. The molecule has 2 aromatic rings. The first kappa shape index (κ1) is 18.1. The van der Waals surface area contributed by atoms with E-state index in [1.54, 1.807) is 19.1 Å². The van der Waals surface area contributed by atoms with E-state index in [9.17, 15) is 14.0 Å². The number of halogens is 2. The number of hydrogen-bond donors (Lipinski definition) is 2. The number of hydrogen-bond acceptors (Lipinski definition) is 3. The zero-order valence-corrected chi connectivity index (χ0v) is 15.0. The SMILES string of the molecule is CC(CC(=O)Nc1ccc(F)cc1)=NNC(=O)c1ccc(I)cc1. The van der Waals surface area contributed by atoms with Crippen molar-refractivity contribution < 1.29 is 14.0 Å². The molecule has 2 rings (SSSR count). The highest BCUT2D eigenvalue weighted by Crippen LogP contribution is 2.09. The minimum Gasteiger partial charge on any atom is -0.326 e. The Balaban J connectivity index is 1.86. The standard InChI is InChI=1S/C17H15FIN3O2/c1-11(10-16(23)20-15-8-4-13(18)5-9-15)21-22-17(24)12-2-6-14(19)7-3-12/h2-9H,10H2,1H3,(H,20,23)(H,22,24). The van der Waals surface area contributed by atoms with Crippen molar-refractivity contribution >= 4 is 45.8 Å². The number of nitrogens with one attached hydrogen (secondary N) is 2. The number of nitrogens with zero attached hydrogens (tertiary/aromatic N) is 1. The Hall–Kier alpha value is -2.29. The minimum absolute atomic E-state index is 0.0182. The van der Waals surface area contributed by atoms with Crippen molar-refractivity contribution in [1.29, 1.82) is 0 Å². The van der Waals surface area contributed by atoms with Crippen LogP contribution >= 0.6 is 22.6 Å². The molecule has 0 aliphatic carbocycles. The van der Waals surface area contributed by atoms with Crippen molar-refractivity contribution in [2.24, 2.45) is 5.10 Å². The highest BCUT2D eigenvalue weighted by Gasteiger charge is 2.07. The second-order valence-corrected chi connectivity index (χ2v) is 6.27. The molecule has 0 heterocycles. The maximum Gasteiger partial charge on any atom is 0.271 e. The summed E-state index contributed by atoms with van der Waals surface area (Å²) in [5, 5.41) is 6.54. The first-order valence-electron chi connectivity index (χ1n) is 7.08. The van der Waals surface area contributed by atoms with Crippen molar-refractivity contribution in [3.05, 3.63) is 63.5 Å². The summed E-state index contributed by atoms with van der Waals surface area (Å²) < 4.78 is 13.8. The van der Waals surface area contributed by atoms with Crippen molar-refractivity contribution in [3.8, 4) is 0 Å². The van der Waals surface area contributed by atoms with Crippen LogP contribution < -0.4 is 10.7 Å². The third kappa shape index (κ3) is 5.73. The maximum atomic E-state index is 12.8. The molecule has 5 nitrogen and oxygen atoms in total. The van der Waals surface area contributed by atoms with Crippen molar-refractivity contribution in [3.63, 3.8) is 0 Å². The number of benzene rings is 2. The van der Waals surface area contributed by atoms with Gasteiger partial charge in [0.15, 0.2) is 0 Å². The van der Waals surface area contributed by atoms with Crippen LogP contribution in [0.15, 0.2) is 53.6 Å². The first-order valence-corrected chi connectivity index (χ1v) is 8.16. The van der Waals surface area contributed by atoms with Crippen molar-refractivity contribution in [2.75, 3.05) is 5.32 Å². The molecule has 7 heteroatoms. The van der Waals surface area contributed by atoms with Gasteiger partial charge in [-0.25, -0.2) is 9.82 Å². The molecule has 0 atom stereocenters. The van der Waals surface area contributed by atoms with E-state index in [0.29, 0.717) is 17.0 Å². The van der Waals surface area contributed by atoms with Crippen LogP contribution in [0, 0.1) is 9.39 Å². The third-order valence-corrected chi connectivity index (χ3v) is 3.72. The summed E-state index contributed by atoms with van der Waals surface area (Å²) in [5.74, 6) is -1.01. The monoisotopic (exact) mass is 439 g/mol. The Bertz CT molecular complexity index is 758.